The topological polar surface area (TPSA) is 45.6 Å². The molecule has 2 rings (SSSR count). The molecule has 2 heterocycles. The maximum absolute atomic E-state index is 12.7. The van der Waals surface area contributed by atoms with Gasteiger partial charge >= 0.3 is 0 Å². The molecule has 1 fully saturated rings. The van der Waals surface area contributed by atoms with Gasteiger partial charge in [-0.1, -0.05) is 0 Å². The Labute approximate surface area is 132 Å². The van der Waals surface area contributed by atoms with Crippen LogP contribution in [-0.2, 0) is 23.0 Å². The van der Waals surface area contributed by atoms with E-state index >= 15 is 0 Å². The van der Waals surface area contributed by atoms with Gasteiger partial charge in [-0.15, -0.1) is 11.6 Å². The second-order valence-corrected chi connectivity index (χ2v) is 8.68. The summed E-state index contributed by atoms with van der Waals surface area (Å²) in [6.07, 6.45) is 1.64. The molecular weight excluding hydrogens is 310 g/mol. The average molecular weight is 334 g/mol. The average Bonchev–Trinajstić information content (AvgIpc) is 2.80. The molecule has 0 radical (unpaired) electrons. The fourth-order valence-electron chi connectivity index (χ4n) is 2.60. The van der Waals surface area contributed by atoms with Crippen LogP contribution in [0.15, 0.2) is 17.2 Å². The minimum Gasteiger partial charge on any atom is -0.352 e. The predicted molar refractivity (Wildman–Crippen MR) is 85.1 cm³/mol. The largest absolute Gasteiger partial charge is 0.352 e. The third kappa shape index (κ3) is 3.44. The summed E-state index contributed by atoms with van der Waals surface area (Å²) in [5.41, 5.74) is 0.887. The van der Waals surface area contributed by atoms with Crippen LogP contribution in [0.2, 0.25) is 0 Å². The fraction of sp³-hybridized carbons (Fsp3) is 0.714. The van der Waals surface area contributed by atoms with Gasteiger partial charge in [0.25, 0.3) is 0 Å². The number of piperazine rings is 1. The van der Waals surface area contributed by atoms with E-state index in [1.165, 1.54) is 0 Å². The molecule has 120 valence electrons. The second-order valence-electron chi connectivity index (χ2n) is 6.47. The van der Waals surface area contributed by atoms with Gasteiger partial charge in [0, 0.05) is 50.7 Å². The summed E-state index contributed by atoms with van der Waals surface area (Å²) in [4.78, 5) is 2.65. The van der Waals surface area contributed by atoms with Gasteiger partial charge in [0.15, 0.2) is 0 Å². The maximum Gasteiger partial charge on any atom is 0.244 e. The lowest BCUT2D eigenvalue weighted by Gasteiger charge is -2.41. The van der Waals surface area contributed by atoms with Crippen LogP contribution in [0.1, 0.15) is 26.5 Å². The molecular formula is C14H24ClN3O2S. The van der Waals surface area contributed by atoms with E-state index in [9.17, 15) is 8.42 Å². The van der Waals surface area contributed by atoms with E-state index in [-0.39, 0.29) is 5.54 Å². The zero-order chi connectivity index (χ0) is 15.8. The minimum atomic E-state index is -3.42. The molecule has 7 heteroatoms. The van der Waals surface area contributed by atoms with Crippen LogP contribution in [0.25, 0.3) is 0 Å². The molecule has 0 aromatic carbocycles. The van der Waals surface area contributed by atoms with Gasteiger partial charge in [-0.3, -0.25) is 4.90 Å². The zero-order valence-corrected chi connectivity index (χ0v) is 14.7. The molecule has 21 heavy (non-hydrogen) atoms. The third-order valence-corrected chi connectivity index (χ3v) is 6.18. The van der Waals surface area contributed by atoms with Gasteiger partial charge in [0.1, 0.15) is 4.90 Å². The molecule has 1 aromatic rings. The van der Waals surface area contributed by atoms with Crippen molar-refractivity contribution in [2.75, 3.05) is 26.2 Å². The van der Waals surface area contributed by atoms with E-state index in [4.69, 9.17) is 11.6 Å². The number of nitrogens with zero attached hydrogens (tertiary/aromatic N) is 3. The summed E-state index contributed by atoms with van der Waals surface area (Å²) in [6, 6.07) is 1.67. The van der Waals surface area contributed by atoms with Crippen LogP contribution >= 0.6 is 11.6 Å². The van der Waals surface area contributed by atoms with E-state index in [1.54, 1.807) is 21.1 Å². The van der Waals surface area contributed by atoms with Crippen LogP contribution in [0.3, 0.4) is 0 Å². The number of halogens is 1. The van der Waals surface area contributed by atoms with Crippen molar-refractivity contribution in [1.29, 1.82) is 0 Å². The molecule has 1 aromatic heterocycles. The number of rotatable bonds is 3. The number of hydrogen-bond acceptors (Lipinski definition) is 3. The van der Waals surface area contributed by atoms with E-state index in [2.05, 4.69) is 25.7 Å². The third-order valence-electron chi connectivity index (χ3n) is 4.04. The Morgan fingerprint density at radius 3 is 2.19 bits per heavy atom. The standard InChI is InChI=1S/C14H24ClN3O2S/c1-14(2,3)17-5-7-18(8-6-17)21(19,20)13-9-12(10-15)16(4)11-13/h9,11H,5-8,10H2,1-4H3. The van der Waals surface area contributed by atoms with Crippen LogP contribution < -0.4 is 0 Å². The van der Waals surface area contributed by atoms with Gasteiger partial charge in [-0.25, -0.2) is 8.42 Å². The smallest absolute Gasteiger partial charge is 0.244 e. The molecule has 0 spiro atoms. The Balaban J connectivity index is 2.15. The highest BCUT2D eigenvalue weighted by molar-refractivity contribution is 7.89. The number of sulfonamides is 1. The first-order valence-electron chi connectivity index (χ1n) is 7.12. The molecule has 0 N–H and O–H groups in total. The predicted octanol–water partition coefficient (Wildman–Crippen LogP) is 1.87. The number of aryl methyl sites for hydroxylation is 1. The molecule has 0 bridgehead atoms. The quantitative estimate of drug-likeness (QED) is 0.793. The van der Waals surface area contributed by atoms with E-state index < -0.39 is 10.0 Å². The first kappa shape index (κ1) is 16.8. The lowest BCUT2D eigenvalue weighted by atomic mass is 10.1. The molecule has 1 aliphatic heterocycles. The molecule has 0 saturated carbocycles. The van der Waals surface area contributed by atoms with Crippen molar-refractivity contribution < 1.29 is 8.42 Å². The SMILES string of the molecule is Cn1cc(S(=O)(=O)N2CCN(C(C)(C)C)CC2)cc1CCl. The molecule has 0 aliphatic carbocycles. The van der Waals surface area contributed by atoms with Gasteiger partial charge in [0.2, 0.25) is 10.0 Å². The lowest BCUT2D eigenvalue weighted by Crippen LogP contribution is -2.54. The number of hydrogen-bond donors (Lipinski definition) is 0. The van der Waals surface area contributed by atoms with E-state index in [1.807, 2.05) is 7.05 Å². The Kier molecular flexibility index (Phi) is 4.73. The molecule has 1 saturated heterocycles. The minimum absolute atomic E-state index is 0.0778. The number of alkyl halides is 1. The fourth-order valence-corrected chi connectivity index (χ4v) is 4.38. The molecule has 0 atom stereocenters. The van der Waals surface area contributed by atoms with Crippen LogP contribution in [0.4, 0.5) is 0 Å². The first-order valence-corrected chi connectivity index (χ1v) is 9.10. The highest BCUT2D eigenvalue weighted by atomic mass is 35.5. The summed E-state index contributed by atoms with van der Waals surface area (Å²) in [6.45, 7) is 9.05. The first-order chi connectivity index (χ1) is 9.66. The number of aromatic nitrogens is 1. The Morgan fingerprint density at radius 1 is 1.19 bits per heavy atom. The van der Waals surface area contributed by atoms with Gasteiger partial charge in [0.05, 0.1) is 5.88 Å². The van der Waals surface area contributed by atoms with Gasteiger partial charge in [-0.2, -0.15) is 4.31 Å². The van der Waals surface area contributed by atoms with Gasteiger partial charge in [-0.05, 0) is 26.8 Å². The molecule has 0 amide bonds. The van der Waals surface area contributed by atoms with Crippen molar-refractivity contribution in [3.8, 4) is 0 Å². The Morgan fingerprint density at radius 2 is 1.76 bits per heavy atom. The van der Waals surface area contributed by atoms with Crippen LogP contribution in [0.5, 0.6) is 0 Å². The highest BCUT2D eigenvalue weighted by Gasteiger charge is 2.32. The summed E-state index contributed by atoms with van der Waals surface area (Å²) < 4.78 is 28.7. The van der Waals surface area contributed by atoms with Crippen molar-refractivity contribution >= 4 is 21.6 Å². The molecule has 5 nitrogen and oxygen atoms in total. The summed E-state index contributed by atoms with van der Waals surface area (Å²) in [5.74, 6) is 0.309. The highest BCUT2D eigenvalue weighted by Crippen LogP contribution is 2.23. The second kappa shape index (κ2) is 5.91. The van der Waals surface area contributed by atoms with Crippen molar-refractivity contribution in [3.05, 3.63) is 18.0 Å². The molecule has 0 unspecified atom stereocenters. The normalized spacial score (nSPS) is 19.1. The van der Waals surface area contributed by atoms with Crippen molar-refractivity contribution in [1.82, 2.24) is 13.8 Å². The maximum atomic E-state index is 12.7. The molecule has 1 aliphatic rings. The van der Waals surface area contributed by atoms with E-state index in [0.29, 0.717) is 23.9 Å². The van der Waals surface area contributed by atoms with Crippen molar-refractivity contribution in [3.63, 3.8) is 0 Å². The van der Waals surface area contributed by atoms with Crippen LogP contribution in [-0.4, -0.2) is 53.9 Å². The van der Waals surface area contributed by atoms with Crippen molar-refractivity contribution in [2.45, 2.75) is 37.1 Å². The monoisotopic (exact) mass is 333 g/mol. The summed E-state index contributed by atoms with van der Waals surface area (Å²) in [5, 5.41) is 0. The Bertz CT molecular complexity index is 596. The van der Waals surface area contributed by atoms with E-state index in [0.717, 1.165) is 18.8 Å². The summed E-state index contributed by atoms with van der Waals surface area (Å²) >= 11 is 5.81. The summed E-state index contributed by atoms with van der Waals surface area (Å²) in [7, 11) is -1.60. The Hall–Kier alpha value is -0.560. The van der Waals surface area contributed by atoms with Gasteiger partial charge < -0.3 is 4.57 Å². The van der Waals surface area contributed by atoms with Crippen molar-refractivity contribution in [2.24, 2.45) is 7.05 Å². The van der Waals surface area contributed by atoms with Crippen LogP contribution in [0, 0.1) is 0 Å². The lowest BCUT2D eigenvalue weighted by molar-refractivity contribution is 0.0922. The zero-order valence-electron chi connectivity index (χ0n) is 13.1.